The first-order valence-corrected chi connectivity index (χ1v) is 6.71. The Labute approximate surface area is 127 Å². The normalized spacial score (nSPS) is 10.4. The van der Waals surface area contributed by atoms with Gasteiger partial charge in [0.25, 0.3) is 0 Å². The van der Waals surface area contributed by atoms with Gasteiger partial charge in [0.15, 0.2) is 0 Å². The number of hydrogen-bond acceptors (Lipinski definition) is 3. The van der Waals surface area contributed by atoms with Gasteiger partial charge in [-0.05, 0) is 31.2 Å². The summed E-state index contributed by atoms with van der Waals surface area (Å²) in [7, 11) is 0. The van der Waals surface area contributed by atoms with Crippen molar-refractivity contribution < 1.29 is 4.39 Å². The van der Waals surface area contributed by atoms with Crippen LogP contribution in [0.25, 0.3) is 16.9 Å². The second-order valence-electron chi connectivity index (χ2n) is 4.98. The SMILES string of the molecule is Cc1ccc(-n2nc(-c3cccc(F)c3)c(C#N)c2N)cc1. The predicted molar refractivity (Wildman–Crippen MR) is 82.8 cm³/mol. The smallest absolute Gasteiger partial charge is 0.145 e. The number of nitrogens with zero attached hydrogens (tertiary/aromatic N) is 3. The molecule has 5 heteroatoms. The van der Waals surface area contributed by atoms with Crippen molar-refractivity contribution in [1.82, 2.24) is 9.78 Å². The van der Waals surface area contributed by atoms with Crippen LogP contribution in [-0.2, 0) is 0 Å². The number of rotatable bonds is 2. The minimum absolute atomic E-state index is 0.241. The molecule has 4 nitrogen and oxygen atoms in total. The van der Waals surface area contributed by atoms with E-state index in [1.807, 2.05) is 31.2 Å². The van der Waals surface area contributed by atoms with Gasteiger partial charge in [-0.25, -0.2) is 9.07 Å². The van der Waals surface area contributed by atoms with Gasteiger partial charge >= 0.3 is 0 Å². The maximum Gasteiger partial charge on any atom is 0.145 e. The first-order valence-electron chi connectivity index (χ1n) is 6.71. The molecule has 0 radical (unpaired) electrons. The first-order chi connectivity index (χ1) is 10.6. The van der Waals surface area contributed by atoms with Crippen LogP contribution in [0.4, 0.5) is 10.2 Å². The number of nitriles is 1. The van der Waals surface area contributed by atoms with Crippen molar-refractivity contribution in [2.75, 3.05) is 5.73 Å². The highest BCUT2D eigenvalue weighted by atomic mass is 19.1. The lowest BCUT2D eigenvalue weighted by Gasteiger charge is -2.03. The Balaban J connectivity index is 2.19. The Morgan fingerprint density at radius 2 is 1.91 bits per heavy atom. The number of nitrogens with two attached hydrogens (primary N) is 1. The number of hydrogen-bond donors (Lipinski definition) is 1. The van der Waals surface area contributed by atoms with Crippen molar-refractivity contribution in [3.8, 4) is 23.0 Å². The summed E-state index contributed by atoms with van der Waals surface area (Å²) in [5.41, 5.74) is 9.05. The van der Waals surface area contributed by atoms with Gasteiger partial charge in [0.2, 0.25) is 0 Å². The topological polar surface area (TPSA) is 67.6 Å². The minimum Gasteiger partial charge on any atom is -0.382 e. The highest BCUT2D eigenvalue weighted by Crippen LogP contribution is 2.29. The molecule has 0 unspecified atom stereocenters. The summed E-state index contributed by atoms with van der Waals surface area (Å²) in [6, 6.07) is 15.6. The van der Waals surface area contributed by atoms with Crippen LogP contribution in [0.5, 0.6) is 0 Å². The third-order valence-corrected chi connectivity index (χ3v) is 3.41. The van der Waals surface area contributed by atoms with E-state index >= 15 is 0 Å². The molecule has 0 aliphatic carbocycles. The maximum absolute atomic E-state index is 13.4. The fraction of sp³-hybridized carbons (Fsp3) is 0.0588. The lowest BCUT2D eigenvalue weighted by Crippen LogP contribution is -2.02. The number of aromatic nitrogens is 2. The van der Waals surface area contributed by atoms with Crippen molar-refractivity contribution in [2.24, 2.45) is 0 Å². The molecule has 0 aliphatic heterocycles. The van der Waals surface area contributed by atoms with E-state index in [4.69, 9.17) is 5.73 Å². The molecule has 0 atom stereocenters. The van der Waals surface area contributed by atoms with Crippen molar-refractivity contribution in [1.29, 1.82) is 5.26 Å². The molecule has 0 bridgehead atoms. The van der Waals surface area contributed by atoms with E-state index in [2.05, 4.69) is 11.2 Å². The zero-order valence-corrected chi connectivity index (χ0v) is 11.9. The zero-order chi connectivity index (χ0) is 15.7. The molecular formula is C17H13FN4. The van der Waals surface area contributed by atoms with E-state index in [0.717, 1.165) is 11.3 Å². The summed E-state index contributed by atoms with van der Waals surface area (Å²) in [6.07, 6.45) is 0. The van der Waals surface area contributed by atoms with Crippen molar-refractivity contribution in [3.63, 3.8) is 0 Å². The summed E-state index contributed by atoms with van der Waals surface area (Å²) in [4.78, 5) is 0. The van der Waals surface area contributed by atoms with Gasteiger partial charge < -0.3 is 5.73 Å². The standard InChI is InChI=1S/C17H13FN4/c1-11-5-7-14(8-6-11)22-17(20)15(10-19)16(21-22)12-3-2-4-13(18)9-12/h2-9H,20H2,1H3. The molecule has 2 N–H and O–H groups in total. The first kappa shape index (κ1) is 13.8. The lowest BCUT2D eigenvalue weighted by molar-refractivity contribution is 0.628. The van der Waals surface area contributed by atoms with Gasteiger partial charge in [-0.15, -0.1) is 0 Å². The molecule has 0 amide bonds. The molecule has 3 rings (SSSR count). The number of benzene rings is 2. The van der Waals surface area contributed by atoms with E-state index in [-0.39, 0.29) is 17.2 Å². The molecule has 1 aromatic heterocycles. The fourth-order valence-corrected chi connectivity index (χ4v) is 2.26. The number of nitrogen functional groups attached to an aromatic ring is 1. The van der Waals surface area contributed by atoms with E-state index in [9.17, 15) is 9.65 Å². The molecule has 3 aromatic rings. The quantitative estimate of drug-likeness (QED) is 0.786. The molecule has 0 saturated heterocycles. The van der Waals surface area contributed by atoms with Crippen LogP contribution in [0.1, 0.15) is 11.1 Å². The number of anilines is 1. The Morgan fingerprint density at radius 3 is 2.55 bits per heavy atom. The van der Waals surface area contributed by atoms with Crippen molar-refractivity contribution in [3.05, 3.63) is 65.5 Å². The van der Waals surface area contributed by atoms with Crippen LogP contribution in [0.2, 0.25) is 0 Å². The van der Waals surface area contributed by atoms with Crippen LogP contribution >= 0.6 is 0 Å². The molecule has 0 spiro atoms. The zero-order valence-electron chi connectivity index (χ0n) is 11.9. The largest absolute Gasteiger partial charge is 0.382 e. The molecule has 108 valence electrons. The Morgan fingerprint density at radius 1 is 1.18 bits per heavy atom. The Hall–Kier alpha value is -3.13. The second-order valence-corrected chi connectivity index (χ2v) is 4.98. The van der Waals surface area contributed by atoms with E-state index in [1.165, 1.54) is 16.8 Å². The monoisotopic (exact) mass is 292 g/mol. The third kappa shape index (κ3) is 2.31. The molecular weight excluding hydrogens is 279 g/mol. The van der Waals surface area contributed by atoms with Gasteiger partial charge in [0.1, 0.15) is 29.0 Å². The van der Waals surface area contributed by atoms with E-state index in [1.54, 1.807) is 12.1 Å². The fourth-order valence-electron chi connectivity index (χ4n) is 2.26. The van der Waals surface area contributed by atoms with E-state index < -0.39 is 0 Å². The highest BCUT2D eigenvalue weighted by Gasteiger charge is 2.18. The van der Waals surface area contributed by atoms with Crippen molar-refractivity contribution in [2.45, 2.75) is 6.92 Å². The highest BCUT2D eigenvalue weighted by molar-refractivity contribution is 5.73. The summed E-state index contributed by atoms with van der Waals surface area (Å²) in [6.45, 7) is 1.98. The average Bonchev–Trinajstić information content (AvgIpc) is 2.85. The third-order valence-electron chi connectivity index (χ3n) is 3.41. The van der Waals surface area contributed by atoms with Crippen LogP contribution < -0.4 is 5.73 Å². The second kappa shape index (κ2) is 5.34. The van der Waals surface area contributed by atoms with Crippen LogP contribution in [0.3, 0.4) is 0 Å². The predicted octanol–water partition coefficient (Wildman–Crippen LogP) is 3.44. The molecule has 2 aromatic carbocycles. The lowest BCUT2D eigenvalue weighted by atomic mass is 10.1. The molecule has 0 aliphatic rings. The van der Waals surface area contributed by atoms with E-state index in [0.29, 0.717) is 11.3 Å². The molecule has 22 heavy (non-hydrogen) atoms. The van der Waals surface area contributed by atoms with Gasteiger partial charge in [-0.3, -0.25) is 0 Å². The van der Waals surface area contributed by atoms with Crippen molar-refractivity contribution >= 4 is 5.82 Å². The molecule has 0 fully saturated rings. The number of halogens is 1. The summed E-state index contributed by atoms with van der Waals surface area (Å²) < 4.78 is 14.9. The van der Waals surface area contributed by atoms with Gasteiger partial charge in [0.05, 0.1) is 5.69 Å². The summed E-state index contributed by atoms with van der Waals surface area (Å²) in [5.74, 6) is -0.143. The van der Waals surface area contributed by atoms with Crippen LogP contribution in [0, 0.1) is 24.1 Å². The Bertz CT molecular complexity index is 873. The minimum atomic E-state index is -0.384. The molecule has 1 heterocycles. The van der Waals surface area contributed by atoms with Crippen LogP contribution in [-0.4, -0.2) is 9.78 Å². The number of aryl methyl sites for hydroxylation is 1. The van der Waals surface area contributed by atoms with Gasteiger partial charge in [0, 0.05) is 5.56 Å². The Kier molecular flexibility index (Phi) is 3.36. The summed E-state index contributed by atoms with van der Waals surface area (Å²) in [5, 5.41) is 13.8. The van der Waals surface area contributed by atoms with Crippen LogP contribution in [0.15, 0.2) is 48.5 Å². The van der Waals surface area contributed by atoms with Gasteiger partial charge in [-0.2, -0.15) is 10.4 Å². The van der Waals surface area contributed by atoms with Gasteiger partial charge in [-0.1, -0.05) is 29.8 Å². The summed E-state index contributed by atoms with van der Waals surface area (Å²) >= 11 is 0. The molecule has 0 saturated carbocycles. The average molecular weight is 292 g/mol. The maximum atomic E-state index is 13.4.